The largest absolute Gasteiger partial charge is 0.496 e. The summed E-state index contributed by atoms with van der Waals surface area (Å²) in [7, 11) is 1.63. The maximum absolute atomic E-state index is 11.6. The van der Waals surface area contributed by atoms with E-state index in [1.807, 2.05) is 26.0 Å². The first kappa shape index (κ1) is 12.4. The van der Waals surface area contributed by atoms with Gasteiger partial charge < -0.3 is 9.72 Å². The maximum Gasteiger partial charge on any atom is 0.254 e. The van der Waals surface area contributed by atoms with Gasteiger partial charge in [-0.3, -0.25) is 4.79 Å². The Hall–Kier alpha value is -2.10. The summed E-state index contributed by atoms with van der Waals surface area (Å²) in [4.78, 5) is 18.4. The van der Waals surface area contributed by atoms with Gasteiger partial charge >= 0.3 is 0 Å². The van der Waals surface area contributed by atoms with Crippen LogP contribution in [0.15, 0.2) is 23.3 Å². The predicted molar refractivity (Wildman–Crippen MR) is 71.1 cm³/mol. The zero-order chi connectivity index (χ0) is 13.3. The molecule has 0 aliphatic carbocycles. The molecule has 1 heterocycles. The van der Waals surface area contributed by atoms with Gasteiger partial charge in [0.25, 0.3) is 5.56 Å². The number of benzene rings is 1. The molecule has 2 aromatic rings. The Balaban J connectivity index is 2.76. The number of H-pyrrole nitrogens is 1. The summed E-state index contributed by atoms with van der Waals surface area (Å²) in [6.07, 6.45) is 1.42. The van der Waals surface area contributed by atoms with E-state index in [9.17, 15) is 4.79 Å². The first-order chi connectivity index (χ1) is 8.56. The molecule has 18 heavy (non-hydrogen) atoms. The minimum Gasteiger partial charge on any atom is -0.496 e. The molecule has 4 heteroatoms. The van der Waals surface area contributed by atoms with Gasteiger partial charge in [-0.25, -0.2) is 4.98 Å². The zero-order valence-corrected chi connectivity index (χ0v) is 11.0. The normalized spacial score (nSPS) is 10.4. The average Bonchev–Trinajstić information content (AvgIpc) is 2.36. The predicted octanol–water partition coefficient (Wildman–Crippen LogP) is 2.37. The van der Waals surface area contributed by atoms with Gasteiger partial charge in [0.15, 0.2) is 0 Å². The Labute approximate surface area is 106 Å². The average molecular weight is 244 g/mol. The van der Waals surface area contributed by atoms with Gasteiger partial charge in [0, 0.05) is 11.1 Å². The van der Waals surface area contributed by atoms with Crippen molar-refractivity contribution in [1.29, 1.82) is 0 Å². The third-order valence-electron chi connectivity index (χ3n) is 3.22. The summed E-state index contributed by atoms with van der Waals surface area (Å²) in [6, 6.07) is 3.95. The molecule has 94 valence electrons. The molecule has 0 amide bonds. The van der Waals surface area contributed by atoms with Gasteiger partial charge in [-0.15, -0.1) is 0 Å². The summed E-state index contributed by atoms with van der Waals surface area (Å²) in [5.41, 5.74) is 4.21. The molecule has 0 fully saturated rings. The van der Waals surface area contributed by atoms with Crippen molar-refractivity contribution in [3.8, 4) is 17.0 Å². The molecule has 0 radical (unpaired) electrons. The quantitative estimate of drug-likeness (QED) is 0.882. The molecule has 0 unspecified atom stereocenters. The number of aromatic amines is 1. The number of methoxy groups -OCH3 is 1. The lowest BCUT2D eigenvalue weighted by Crippen LogP contribution is -2.11. The molecule has 1 aromatic heterocycles. The Morgan fingerprint density at radius 1 is 1.17 bits per heavy atom. The monoisotopic (exact) mass is 244 g/mol. The van der Waals surface area contributed by atoms with Crippen LogP contribution in [0.1, 0.15) is 16.7 Å². The van der Waals surface area contributed by atoms with Gasteiger partial charge in [-0.1, -0.05) is 6.07 Å². The highest BCUT2D eigenvalue weighted by atomic mass is 16.5. The molecule has 0 spiro atoms. The number of hydrogen-bond acceptors (Lipinski definition) is 3. The van der Waals surface area contributed by atoms with Crippen molar-refractivity contribution in [1.82, 2.24) is 9.97 Å². The summed E-state index contributed by atoms with van der Waals surface area (Å²) < 4.78 is 5.45. The second-order valence-electron chi connectivity index (χ2n) is 4.29. The lowest BCUT2D eigenvalue weighted by Gasteiger charge is -2.13. The highest BCUT2D eigenvalue weighted by molar-refractivity contribution is 5.72. The minimum atomic E-state index is -0.125. The Bertz CT molecular complexity index is 645. The van der Waals surface area contributed by atoms with E-state index in [1.54, 1.807) is 14.0 Å². The molecule has 0 saturated carbocycles. The number of nitrogens with zero attached hydrogens (tertiary/aromatic N) is 1. The van der Waals surface area contributed by atoms with Crippen LogP contribution in [0.4, 0.5) is 0 Å². The van der Waals surface area contributed by atoms with E-state index >= 15 is 0 Å². The fraction of sp³-hybridized carbons (Fsp3) is 0.286. The second-order valence-corrected chi connectivity index (χ2v) is 4.29. The SMILES string of the molecule is COc1c(-c2nc[nH]c(=O)c2C)ccc(C)c1C. The van der Waals surface area contributed by atoms with E-state index in [2.05, 4.69) is 9.97 Å². The standard InChI is InChI=1S/C14H16N2O2/c1-8-5-6-11(13(18-4)9(8)2)12-10(3)14(17)16-7-15-12/h5-7H,1-4H3,(H,15,16,17). The molecule has 2 rings (SSSR count). The van der Waals surface area contributed by atoms with Crippen LogP contribution >= 0.6 is 0 Å². The summed E-state index contributed by atoms with van der Waals surface area (Å²) in [5.74, 6) is 0.774. The van der Waals surface area contributed by atoms with Crippen LogP contribution in [0.25, 0.3) is 11.3 Å². The summed E-state index contributed by atoms with van der Waals surface area (Å²) in [6.45, 7) is 5.79. The van der Waals surface area contributed by atoms with Crippen LogP contribution in [0.2, 0.25) is 0 Å². The highest BCUT2D eigenvalue weighted by Gasteiger charge is 2.14. The maximum atomic E-state index is 11.6. The van der Waals surface area contributed by atoms with E-state index in [0.717, 1.165) is 22.4 Å². The van der Waals surface area contributed by atoms with Gasteiger partial charge in [-0.2, -0.15) is 0 Å². The van der Waals surface area contributed by atoms with Crippen molar-refractivity contribution in [2.75, 3.05) is 7.11 Å². The van der Waals surface area contributed by atoms with E-state index in [4.69, 9.17) is 4.74 Å². The molecule has 0 saturated heterocycles. The van der Waals surface area contributed by atoms with Gasteiger partial charge in [-0.05, 0) is 38.0 Å². The Morgan fingerprint density at radius 3 is 2.56 bits per heavy atom. The number of hydrogen-bond donors (Lipinski definition) is 1. The number of ether oxygens (including phenoxy) is 1. The summed E-state index contributed by atoms with van der Waals surface area (Å²) in [5, 5.41) is 0. The Kier molecular flexibility index (Phi) is 3.19. The lowest BCUT2D eigenvalue weighted by atomic mass is 10.00. The fourth-order valence-electron chi connectivity index (χ4n) is 1.98. The molecule has 4 nitrogen and oxygen atoms in total. The van der Waals surface area contributed by atoms with Gasteiger partial charge in [0.1, 0.15) is 5.75 Å². The van der Waals surface area contributed by atoms with Crippen molar-refractivity contribution in [3.05, 3.63) is 45.5 Å². The van der Waals surface area contributed by atoms with Crippen LogP contribution in [-0.4, -0.2) is 17.1 Å². The van der Waals surface area contributed by atoms with Crippen molar-refractivity contribution in [2.45, 2.75) is 20.8 Å². The van der Waals surface area contributed by atoms with Crippen LogP contribution in [0.5, 0.6) is 5.75 Å². The summed E-state index contributed by atoms with van der Waals surface area (Å²) >= 11 is 0. The van der Waals surface area contributed by atoms with E-state index in [1.165, 1.54) is 6.33 Å². The van der Waals surface area contributed by atoms with Crippen LogP contribution < -0.4 is 10.3 Å². The van der Waals surface area contributed by atoms with Crippen LogP contribution in [0.3, 0.4) is 0 Å². The molecule has 0 aliphatic rings. The molecule has 0 bridgehead atoms. The lowest BCUT2D eigenvalue weighted by molar-refractivity contribution is 0.413. The van der Waals surface area contributed by atoms with Crippen molar-refractivity contribution in [3.63, 3.8) is 0 Å². The third kappa shape index (κ3) is 1.90. The number of nitrogens with one attached hydrogen (secondary N) is 1. The number of aromatic nitrogens is 2. The highest BCUT2D eigenvalue weighted by Crippen LogP contribution is 2.33. The molecule has 0 aliphatic heterocycles. The van der Waals surface area contributed by atoms with E-state index in [-0.39, 0.29) is 5.56 Å². The van der Waals surface area contributed by atoms with E-state index < -0.39 is 0 Å². The first-order valence-electron chi connectivity index (χ1n) is 5.75. The second kappa shape index (κ2) is 4.64. The molecular weight excluding hydrogens is 228 g/mol. The number of rotatable bonds is 2. The Morgan fingerprint density at radius 2 is 1.89 bits per heavy atom. The van der Waals surface area contributed by atoms with Crippen LogP contribution in [-0.2, 0) is 0 Å². The molecular formula is C14H16N2O2. The van der Waals surface area contributed by atoms with Gasteiger partial charge in [0.05, 0.1) is 19.1 Å². The smallest absolute Gasteiger partial charge is 0.254 e. The van der Waals surface area contributed by atoms with Crippen molar-refractivity contribution < 1.29 is 4.74 Å². The topological polar surface area (TPSA) is 55.0 Å². The fourth-order valence-corrected chi connectivity index (χ4v) is 1.98. The van der Waals surface area contributed by atoms with E-state index in [0.29, 0.717) is 11.3 Å². The zero-order valence-electron chi connectivity index (χ0n) is 11.0. The first-order valence-corrected chi connectivity index (χ1v) is 5.75. The minimum absolute atomic E-state index is 0.125. The molecule has 0 atom stereocenters. The van der Waals surface area contributed by atoms with Crippen molar-refractivity contribution in [2.24, 2.45) is 0 Å². The molecule has 1 N–H and O–H groups in total. The molecule has 1 aromatic carbocycles. The van der Waals surface area contributed by atoms with Gasteiger partial charge in [0.2, 0.25) is 0 Å². The van der Waals surface area contributed by atoms with Crippen molar-refractivity contribution >= 4 is 0 Å². The van der Waals surface area contributed by atoms with Crippen LogP contribution in [0, 0.1) is 20.8 Å². The third-order valence-corrected chi connectivity index (χ3v) is 3.22. The number of aryl methyl sites for hydroxylation is 1.